The van der Waals surface area contributed by atoms with Crippen LogP contribution in [0.2, 0.25) is 0 Å². The van der Waals surface area contributed by atoms with E-state index in [-0.39, 0.29) is 18.1 Å². The second-order valence-corrected chi connectivity index (χ2v) is 6.85. The Morgan fingerprint density at radius 2 is 2.10 bits per heavy atom. The van der Waals surface area contributed by atoms with Gasteiger partial charge in [0.25, 0.3) is 11.6 Å². The van der Waals surface area contributed by atoms with Gasteiger partial charge in [0.05, 0.1) is 36.4 Å². The molecular formula is C20H24N4O5. The summed E-state index contributed by atoms with van der Waals surface area (Å²) in [6.07, 6.45) is 7.22. The molecule has 0 aliphatic heterocycles. The highest BCUT2D eigenvalue weighted by Crippen LogP contribution is 2.33. The Hall–Kier alpha value is -3.20. The third-order valence-electron chi connectivity index (χ3n) is 4.83. The summed E-state index contributed by atoms with van der Waals surface area (Å²) in [5, 5.41) is 18.4. The molecule has 1 aromatic carbocycles. The third-order valence-corrected chi connectivity index (χ3v) is 4.83. The number of hydrogen-bond acceptors (Lipinski definition) is 7. The number of nitrogens with one attached hydrogen (secondary N) is 2. The Bertz CT molecular complexity index is 887. The van der Waals surface area contributed by atoms with Crippen molar-refractivity contribution in [3.05, 3.63) is 46.2 Å². The van der Waals surface area contributed by atoms with Gasteiger partial charge in [-0.2, -0.15) is 5.10 Å². The van der Waals surface area contributed by atoms with Crippen LogP contribution < -0.4 is 15.5 Å². The highest BCUT2D eigenvalue weighted by atomic mass is 16.6. The summed E-state index contributed by atoms with van der Waals surface area (Å²) < 4.78 is 10.6. The van der Waals surface area contributed by atoms with Gasteiger partial charge in [-0.3, -0.25) is 14.9 Å². The summed E-state index contributed by atoms with van der Waals surface area (Å²) >= 11 is 0. The molecule has 0 unspecified atom stereocenters. The summed E-state index contributed by atoms with van der Waals surface area (Å²) in [7, 11) is 1.44. The molecule has 29 heavy (non-hydrogen) atoms. The Morgan fingerprint density at radius 1 is 1.31 bits per heavy atom. The maximum atomic E-state index is 11.9. The average Bonchev–Trinajstić information content (AvgIpc) is 3.21. The summed E-state index contributed by atoms with van der Waals surface area (Å²) in [4.78, 5) is 22.7. The molecule has 9 heteroatoms. The first kappa shape index (κ1) is 20.5. The summed E-state index contributed by atoms with van der Waals surface area (Å²) in [6.45, 7) is 0.212. The number of nitrogens with zero attached hydrogens (tertiary/aromatic N) is 2. The van der Waals surface area contributed by atoms with Gasteiger partial charge in [0, 0.05) is 6.04 Å². The molecule has 0 bridgehead atoms. The standard InChI is InChI=1S/C20H24N4O5/c1-28-15-7-9-17(18(11-15)24(26)27)19-10-8-16(29-19)12-22-23-20(25)13-21-14-5-3-2-4-6-14/h7-12,14,21H,2-6,13H2,1H3,(H,23,25)/b22-12-. The number of hydrazone groups is 1. The number of benzene rings is 1. The highest BCUT2D eigenvalue weighted by molar-refractivity contribution is 5.82. The Kier molecular flexibility index (Phi) is 6.96. The number of ether oxygens (including phenoxy) is 1. The molecule has 1 aliphatic carbocycles. The van der Waals surface area contributed by atoms with Crippen molar-refractivity contribution in [3.8, 4) is 17.1 Å². The van der Waals surface area contributed by atoms with Crippen LogP contribution in [0.3, 0.4) is 0 Å². The fourth-order valence-corrected chi connectivity index (χ4v) is 3.32. The summed E-state index contributed by atoms with van der Waals surface area (Å²) in [5.74, 6) is 0.847. The minimum Gasteiger partial charge on any atom is -0.497 e. The quantitative estimate of drug-likeness (QED) is 0.399. The number of carbonyl (C=O) groups is 1. The number of hydrogen-bond donors (Lipinski definition) is 2. The highest BCUT2D eigenvalue weighted by Gasteiger charge is 2.19. The van der Waals surface area contributed by atoms with E-state index in [1.165, 1.54) is 38.7 Å². The van der Waals surface area contributed by atoms with Gasteiger partial charge in [-0.25, -0.2) is 5.43 Å². The van der Waals surface area contributed by atoms with Crippen LogP contribution in [0.25, 0.3) is 11.3 Å². The van der Waals surface area contributed by atoms with E-state index in [1.807, 2.05) is 0 Å². The zero-order valence-corrected chi connectivity index (χ0v) is 16.2. The molecule has 1 aromatic heterocycles. The van der Waals surface area contributed by atoms with Gasteiger partial charge in [0.15, 0.2) is 0 Å². The van der Waals surface area contributed by atoms with Crippen LogP contribution >= 0.6 is 0 Å². The Balaban J connectivity index is 1.57. The van der Waals surface area contributed by atoms with Crippen molar-refractivity contribution in [3.63, 3.8) is 0 Å². The summed E-state index contributed by atoms with van der Waals surface area (Å²) in [6, 6.07) is 8.16. The van der Waals surface area contributed by atoms with E-state index in [4.69, 9.17) is 9.15 Å². The SMILES string of the molecule is COc1ccc(-c2ccc(/C=N\NC(=O)CNC3CCCCC3)o2)c([N+](=O)[O-])c1. The number of nitro groups is 1. The van der Waals surface area contributed by atoms with E-state index in [2.05, 4.69) is 15.8 Å². The number of rotatable bonds is 8. The van der Waals surface area contributed by atoms with Gasteiger partial charge in [-0.1, -0.05) is 19.3 Å². The topological polar surface area (TPSA) is 119 Å². The Morgan fingerprint density at radius 3 is 2.83 bits per heavy atom. The molecule has 3 rings (SSSR count). The van der Waals surface area contributed by atoms with Crippen LogP contribution in [0.5, 0.6) is 5.75 Å². The predicted octanol–water partition coefficient (Wildman–Crippen LogP) is 3.24. The molecule has 0 radical (unpaired) electrons. The first-order valence-corrected chi connectivity index (χ1v) is 9.54. The molecule has 0 atom stereocenters. The van der Waals surface area contributed by atoms with Crippen LogP contribution in [0, 0.1) is 10.1 Å². The first-order valence-electron chi connectivity index (χ1n) is 9.54. The lowest BCUT2D eigenvalue weighted by atomic mass is 9.95. The van der Waals surface area contributed by atoms with Gasteiger partial charge in [0.1, 0.15) is 17.3 Å². The number of nitro benzene ring substituents is 1. The molecule has 0 saturated heterocycles. The number of amides is 1. The zero-order valence-electron chi connectivity index (χ0n) is 16.2. The Labute approximate surface area is 168 Å². The fraction of sp³-hybridized carbons (Fsp3) is 0.400. The van der Waals surface area contributed by atoms with Gasteiger partial charge >= 0.3 is 0 Å². The van der Waals surface area contributed by atoms with E-state index < -0.39 is 4.92 Å². The van der Waals surface area contributed by atoms with E-state index in [9.17, 15) is 14.9 Å². The van der Waals surface area contributed by atoms with Gasteiger partial charge in [-0.15, -0.1) is 0 Å². The van der Waals surface area contributed by atoms with Crippen molar-refractivity contribution in [1.82, 2.24) is 10.7 Å². The van der Waals surface area contributed by atoms with Crippen molar-refractivity contribution in [1.29, 1.82) is 0 Å². The molecule has 2 N–H and O–H groups in total. The lowest BCUT2D eigenvalue weighted by Crippen LogP contribution is -2.38. The van der Waals surface area contributed by atoms with Crippen LogP contribution in [-0.4, -0.2) is 36.7 Å². The maximum Gasteiger partial charge on any atom is 0.284 e. The monoisotopic (exact) mass is 400 g/mol. The number of carbonyl (C=O) groups excluding carboxylic acids is 1. The average molecular weight is 400 g/mol. The second-order valence-electron chi connectivity index (χ2n) is 6.85. The van der Waals surface area contributed by atoms with Crippen LogP contribution in [0.1, 0.15) is 37.9 Å². The van der Waals surface area contributed by atoms with Crippen molar-refractivity contribution in [2.75, 3.05) is 13.7 Å². The van der Waals surface area contributed by atoms with Crippen molar-refractivity contribution < 1.29 is 18.9 Å². The zero-order chi connectivity index (χ0) is 20.6. The van der Waals surface area contributed by atoms with Crippen molar-refractivity contribution >= 4 is 17.8 Å². The summed E-state index contributed by atoms with van der Waals surface area (Å²) in [5.41, 5.74) is 2.66. The lowest BCUT2D eigenvalue weighted by Gasteiger charge is -2.22. The molecule has 9 nitrogen and oxygen atoms in total. The molecule has 154 valence electrons. The largest absolute Gasteiger partial charge is 0.497 e. The van der Waals surface area contributed by atoms with Gasteiger partial charge in [0.2, 0.25) is 0 Å². The molecule has 1 aliphatic rings. The van der Waals surface area contributed by atoms with Crippen LogP contribution in [-0.2, 0) is 4.79 Å². The third kappa shape index (κ3) is 5.64. The molecule has 1 saturated carbocycles. The number of furan rings is 1. The first-order chi connectivity index (χ1) is 14.1. The van der Waals surface area contributed by atoms with E-state index in [0.29, 0.717) is 28.9 Å². The molecule has 1 fully saturated rings. The van der Waals surface area contributed by atoms with E-state index in [1.54, 1.807) is 24.3 Å². The van der Waals surface area contributed by atoms with E-state index in [0.717, 1.165) is 12.8 Å². The predicted molar refractivity (Wildman–Crippen MR) is 108 cm³/mol. The molecule has 0 spiro atoms. The molecular weight excluding hydrogens is 376 g/mol. The van der Waals surface area contributed by atoms with Crippen molar-refractivity contribution in [2.45, 2.75) is 38.1 Å². The smallest absolute Gasteiger partial charge is 0.284 e. The maximum absolute atomic E-state index is 11.9. The van der Waals surface area contributed by atoms with Gasteiger partial charge in [-0.05, 0) is 37.1 Å². The molecule has 2 aromatic rings. The minimum absolute atomic E-state index is 0.121. The molecule has 1 heterocycles. The minimum atomic E-state index is -0.492. The molecule has 1 amide bonds. The fourth-order valence-electron chi connectivity index (χ4n) is 3.32. The van der Waals surface area contributed by atoms with Crippen LogP contribution in [0.4, 0.5) is 5.69 Å². The lowest BCUT2D eigenvalue weighted by molar-refractivity contribution is -0.384. The number of methoxy groups -OCH3 is 1. The van der Waals surface area contributed by atoms with Crippen molar-refractivity contribution in [2.24, 2.45) is 5.10 Å². The van der Waals surface area contributed by atoms with Crippen LogP contribution in [0.15, 0.2) is 39.9 Å². The van der Waals surface area contributed by atoms with E-state index >= 15 is 0 Å². The second kappa shape index (κ2) is 9.83. The van der Waals surface area contributed by atoms with Gasteiger partial charge < -0.3 is 14.5 Å². The normalized spacial score (nSPS) is 14.8.